The minimum Gasteiger partial charge on any atom is -0.329 e. The summed E-state index contributed by atoms with van der Waals surface area (Å²) in [7, 11) is -3.71. The number of benzene rings is 1. The van der Waals surface area contributed by atoms with Crippen molar-refractivity contribution in [2.24, 2.45) is 11.7 Å². The van der Waals surface area contributed by atoms with Crippen molar-refractivity contribution in [2.45, 2.75) is 31.2 Å². The number of nitrogens with two attached hydrogens (primary N) is 1. The first kappa shape index (κ1) is 16.5. The van der Waals surface area contributed by atoms with Gasteiger partial charge >= 0.3 is 0 Å². The molecule has 0 aliphatic heterocycles. The molecular weight excluding hydrogens is 282 g/mol. The Morgan fingerprint density at radius 3 is 2.25 bits per heavy atom. The van der Waals surface area contributed by atoms with E-state index in [0.29, 0.717) is 12.3 Å². The smallest absolute Gasteiger partial charge is 0.269 e. The highest BCUT2D eigenvalue weighted by Gasteiger charge is 2.20. The predicted octanol–water partition coefficient (Wildman–Crippen LogP) is 1.25. The van der Waals surface area contributed by atoms with Crippen LogP contribution >= 0.6 is 0 Å². The van der Waals surface area contributed by atoms with Crippen molar-refractivity contribution in [3.8, 4) is 0 Å². The number of rotatable bonds is 7. The molecule has 0 aliphatic rings. The molecule has 1 aromatic rings. The number of nitrogens with one attached hydrogen (secondary N) is 1. The molecule has 0 radical (unpaired) electrons. The maximum absolute atomic E-state index is 12.1. The second-order valence-corrected chi connectivity index (χ2v) is 6.65. The van der Waals surface area contributed by atoms with Crippen LogP contribution in [0.2, 0.25) is 0 Å². The van der Waals surface area contributed by atoms with Gasteiger partial charge in [-0.3, -0.25) is 10.1 Å². The van der Waals surface area contributed by atoms with Gasteiger partial charge in [-0.25, -0.2) is 13.1 Å². The number of nitrogens with zero attached hydrogens (tertiary/aromatic N) is 1. The molecular formula is C12H19N3O4S. The minimum absolute atomic E-state index is 0.00898. The monoisotopic (exact) mass is 301 g/mol. The Kier molecular flexibility index (Phi) is 5.61. The molecule has 0 heterocycles. The van der Waals surface area contributed by atoms with Crippen LogP contribution in [-0.4, -0.2) is 25.9 Å². The van der Waals surface area contributed by atoms with E-state index in [0.717, 1.165) is 12.1 Å². The van der Waals surface area contributed by atoms with Crippen molar-refractivity contribution < 1.29 is 13.3 Å². The third kappa shape index (κ3) is 4.55. The lowest BCUT2D eigenvalue weighted by atomic mass is 10.1. The Balaban J connectivity index is 2.90. The Labute approximate surface area is 118 Å². The average Bonchev–Trinajstić information content (AvgIpc) is 2.37. The van der Waals surface area contributed by atoms with Crippen LogP contribution in [0.15, 0.2) is 29.2 Å². The van der Waals surface area contributed by atoms with E-state index in [1.54, 1.807) is 0 Å². The summed E-state index contributed by atoms with van der Waals surface area (Å²) in [5.74, 6) is 0.308. The van der Waals surface area contributed by atoms with Crippen LogP contribution in [-0.2, 0) is 10.0 Å². The van der Waals surface area contributed by atoms with Gasteiger partial charge in [-0.2, -0.15) is 0 Å². The van der Waals surface area contributed by atoms with Crippen molar-refractivity contribution in [3.05, 3.63) is 34.4 Å². The maximum atomic E-state index is 12.1. The van der Waals surface area contributed by atoms with Crippen LogP contribution in [0.5, 0.6) is 0 Å². The fourth-order valence-electron chi connectivity index (χ4n) is 1.80. The number of non-ortho nitro benzene ring substituents is 1. The summed E-state index contributed by atoms with van der Waals surface area (Å²) in [6.45, 7) is 4.15. The second kappa shape index (κ2) is 6.78. The SMILES string of the molecule is CC(C)C[C@H](CN)NS(=O)(=O)c1ccc([N+](=O)[O-])cc1. The molecule has 0 spiro atoms. The van der Waals surface area contributed by atoms with E-state index < -0.39 is 14.9 Å². The first-order valence-electron chi connectivity index (χ1n) is 6.23. The lowest BCUT2D eigenvalue weighted by Gasteiger charge is -2.18. The lowest BCUT2D eigenvalue weighted by molar-refractivity contribution is -0.384. The van der Waals surface area contributed by atoms with E-state index in [1.807, 2.05) is 13.8 Å². The maximum Gasteiger partial charge on any atom is 0.269 e. The summed E-state index contributed by atoms with van der Waals surface area (Å²) >= 11 is 0. The lowest BCUT2D eigenvalue weighted by Crippen LogP contribution is -2.40. The molecule has 1 aromatic carbocycles. The van der Waals surface area contributed by atoms with Gasteiger partial charge < -0.3 is 5.73 Å². The van der Waals surface area contributed by atoms with Crippen molar-refractivity contribution in [1.82, 2.24) is 4.72 Å². The van der Waals surface area contributed by atoms with Crippen LogP contribution in [0.3, 0.4) is 0 Å². The van der Waals surface area contributed by atoms with Gasteiger partial charge in [-0.1, -0.05) is 13.8 Å². The first-order chi connectivity index (χ1) is 9.26. The molecule has 0 bridgehead atoms. The number of sulfonamides is 1. The zero-order chi connectivity index (χ0) is 15.3. The molecule has 112 valence electrons. The van der Waals surface area contributed by atoms with Gasteiger partial charge in [0.1, 0.15) is 0 Å². The summed E-state index contributed by atoms with van der Waals surface area (Å²) in [6.07, 6.45) is 0.628. The molecule has 1 rings (SSSR count). The molecule has 3 N–H and O–H groups in total. The normalized spacial score (nSPS) is 13.4. The van der Waals surface area contributed by atoms with Gasteiger partial charge in [-0.15, -0.1) is 0 Å². The molecule has 7 nitrogen and oxygen atoms in total. The topological polar surface area (TPSA) is 115 Å². The molecule has 0 unspecified atom stereocenters. The standard InChI is InChI=1S/C12H19N3O4S/c1-9(2)7-10(8-13)14-20(18,19)12-5-3-11(4-6-12)15(16)17/h3-6,9-10,14H,7-8,13H2,1-2H3/t10-/m1/s1. The van der Waals surface area contributed by atoms with Gasteiger partial charge in [0.15, 0.2) is 0 Å². The fourth-order valence-corrected chi connectivity index (χ4v) is 3.06. The molecule has 0 aromatic heterocycles. The fraction of sp³-hybridized carbons (Fsp3) is 0.500. The summed E-state index contributed by atoms with van der Waals surface area (Å²) in [6, 6.07) is 4.39. The Bertz CT molecular complexity index is 555. The molecule has 8 heteroatoms. The van der Waals surface area contributed by atoms with Gasteiger partial charge in [0.25, 0.3) is 5.69 Å². The number of nitro groups is 1. The van der Waals surface area contributed by atoms with E-state index in [2.05, 4.69) is 4.72 Å². The number of hydrogen-bond acceptors (Lipinski definition) is 5. The zero-order valence-electron chi connectivity index (χ0n) is 11.4. The van der Waals surface area contributed by atoms with Crippen LogP contribution in [0.1, 0.15) is 20.3 Å². The van der Waals surface area contributed by atoms with Gasteiger partial charge in [0.05, 0.1) is 9.82 Å². The third-order valence-corrected chi connectivity index (χ3v) is 4.26. The average molecular weight is 301 g/mol. The van der Waals surface area contributed by atoms with Crippen LogP contribution in [0, 0.1) is 16.0 Å². The largest absolute Gasteiger partial charge is 0.329 e. The van der Waals surface area contributed by atoms with Crippen molar-refractivity contribution in [3.63, 3.8) is 0 Å². The Hall–Kier alpha value is -1.51. The summed E-state index contributed by atoms with van der Waals surface area (Å²) in [4.78, 5) is 9.94. The van der Waals surface area contributed by atoms with Crippen LogP contribution in [0.4, 0.5) is 5.69 Å². The molecule has 0 amide bonds. The Morgan fingerprint density at radius 2 is 1.85 bits per heavy atom. The quantitative estimate of drug-likeness (QED) is 0.581. The molecule has 0 aliphatic carbocycles. The molecule has 1 atom stereocenters. The van der Waals surface area contributed by atoms with Crippen LogP contribution < -0.4 is 10.5 Å². The number of hydrogen-bond donors (Lipinski definition) is 2. The highest BCUT2D eigenvalue weighted by atomic mass is 32.2. The summed E-state index contributed by atoms with van der Waals surface area (Å²) < 4.78 is 26.8. The van der Waals surface area contributed by atoms with Gasteiger partial charge in [0, 0.05) is 24.7 Å². The molecule has 0 fully saturated rings. The highest BCUT2D eigenvalue weighted by molar-refractivity contribution is 7.89. The Morgan fingerprint density at radius 1 is 1.30 bits per heavy atom. The van der Waals surface area contributed by atoms with Gasteiger partial charge in [-0.05, 0) is 24.5 Å². The molecule has 0 saturated heterocycles. The molecule has 20 heavy (non-hydrogen) atoms. The minimum atomic E-state index is -3.71. The predicted molar refractivity (Wildman–Crippen MR) is 75.7 cm³/mol. The third-order valence-electron chi connectivity index (χ3n) is 2.72. The van der Waals surface area contributed by atoms with Crippen molar-refractivity contribution >= 4 is 15.7 Å². The highest BCUT2D eigenvalue weighted by Crippen LogP contribution is 2.16. The van der Waals surface area contributed by atoms with E-state index >= 15 is 0 Å². The number of nitro benzene ring substituents is 1. The first-order valence-corrected chi connectivity index (χ1v) is 7.71. The van der Waals surface area contributed by atoms with E-state index in [9.17, 15) is 18.5 Å². The summed E-state index contributed by atoms with van der Waals surface area (Å²) in [5.41, 5.74) is 5.40. The zero-order valence-corrected chi connectivity index (χ0v) is 12.3. The van der Waals surface area contributed by atoms with Crippen molar-refractivity contribution in [1.29, 1.82) is 0 Å². The van der Waals surface area contributed by atoms with E-state index in [-0.39, 0.29) is 23.2 Å². The van der Waals surface area contributed by atoms with E-state index in [4.69, 9.17) is 5.73 Å². The summed E-state index contributed by atoms with van der Waals surface area (Å²) in [5, 5.41) is 10.5. The van der Waals surface area contributed by atoms with Crippen LogP contribution in [0.25, 0.3) is 0 Å². The molecule has 0 saturated carbocycles. The second-order valence-electron chi connectivity index (χ2n) is 4.93. The van der Waals surface area contributed by atoms with Crippen molar-refractivity contribution in [2.75, 3.05) is 6.54 Å². The van der Waals surface area contributed by atoms with Gasteiger partial charge in [0.2, 0.25) is 10.0 Å². The van der Waals surface area contributed by atoms with E-state index in [1.165, 1.54) is 12.1 Å².